The van der Waals surface area contributed by atoms with E-state index in [1.165, 1.54) is 7.05 Å². The van der Waals surface area contributed by atoms with E-state index in [1.54, 1.807) is 13.8 Å². The SMILES string of the molecule is CNC(=O)/C(C)=C(/C)C=O. The third kappa shape index (κ3) is 2.01. The number of amides is 1. The predicted octanol–water partition coefficient (Wildman–Crippen LogP) is 0.268. The Morgan fingerprint density at radius 3 is 2.20 bits per heavy atom. The first-order valence-corrected chi connectivity index (χ1v) is 2.98. The maximum atomic E-state index is 10.8. The van der Waals surface area contributed by atoms with Gasteiger partial charge in [0.2, 0.25) is 5.91 Å². The molecule has 0 aromatic rings. The van der Waals surface area contributed by atoms with Crippen LogP contribution in [0.2, 0.25) is 0 Å². The summed E-state index contributed by atoms with van der Waals surface area (Å²) in [7, 11) is 1.53. The highest BCUT2D eigenvalue weighted by Gasteiger charge is 2.02. The molecule has 0 aromatic heterocycles. The summed E-state index contributed by atoms with van der Waals surface area (Å²) in [6, 6.07) is 0. The van der Waals surface area contributed by atoms with Gasteiger partial charge in [-0.2, -0.15) is 0 Å². The molecule has 0 aliphatic rings. The summed E-state index contributed by atoms with van der Waals surface area (Å²) >= 11 is 0. The molecule has 0 saturated carbocycles. The van der Waals surface area contributed by atoms with Crippen molar-refractivity contribution >= 4 is 12.2 Å². The van der Waals surface area contributed by atoms with Crippen molar-refractivity contribution in [3.63, 3.8) is 0 Å². The number of hydrogen-bond donors (Lipinski definition) is 1. The number of hydrogen-bond acceptors (Lipinski definition) is 2. The van der Waals surface area contributed by atoms with Crippen molar-refractivity contribution in [2.24, 2.45) is 0 Å². The number of aldehydes is 1. The zero-order valence-electron chi connectivity index (χ0n) is 6.39. The van der Waals surface area contributed by atoms with E-state index in [2.05, 4.69) is 5.32 Å². The molecule has 0 heterocycles. The number of carbonyl (C=O) groups is 2. The number of nitrogens with one attached hydrogen (secondary N) is 1. The van der Waals surface area contributed by atoms with Crippen molar-refractivity contribution in [1.82, 2.24) is 5.32 Å². The molecule has 3 heteroatoms. The first kappa shape index (κ1) is 8.88. The average Bonchev–Trinajstić information content (AvgIpc) is 2.00. The van der Waals surface area contributed by atoms with E-state index in [9.17, 15) is 9.59 Å². The number of likely N-dealkylation sites (N-methyl/N-ethyl adjacent to an activating group) is 1. The van der Waals surface area contributed by atoms with Crippen molar-refractivity contribution < 1.29 is 9.59 Å². The molecule has 0 radical (unpaired) electrons. The third-order valence-electron chi connectivity index (χ3n) is 1.34. The van der Waals surface area contributed by atoms with Crippen LogP contribution in [-0.2, 0) is 9.59 Å². The second kappa shape index (κ2) is 3.82. The van der Waals surface area contributed by atoms with Crippen LogP contribution in [0.3, 0.4) is 0 Å². The summed E-state index contributed by atoms with van der Waals surface area (Å²) in [6.45, 7) is 3.22. The molecule has 0 unspecified atom stereocenters. The molecule has 56 valence electrons. The van der Waals surface area contributed by atoms with Crippen LogP contribution in [0.15, 0.2) is 11.1 Å². The van der Waals surface area contributed by atoms with Gasteiger partial charge in [0, 0.05) is 12.6 Å². The van der Waals surface area contributed by atoms with Gasteiger partial charge in [-0.1, -0.05) is 0 Å². The lowest BCUT2D eigenvalue weighted by molar-refractivity contribution is -0.117. The largest absolute Gasteiger partial charge is 0.355 e. The van der Waals surface area contributed by atoms with E-state index in [0.29, 0.717) is 17.4 Å². The van der Waals surface area contributed by atoms with E-state index in [4.69, 9.17) is 0 Å². The maximum Gasteiger partial charge on any atom is 0.247 e. The lowest BCUT2D eigenvalue weighted by Crippen LogP contribution is -2.19. The first-order chi connectivity index (χ1) is 4.63. The quantitative estimate of drug-likeness (QED) is 0.443. The molecular formula is C7H11NO2. The monoisotopic (exact) mass is 141 g/mol. The van der Waals surface area contributed by atoms with Gasteiger partial charge in [-0.15, -0.1) is 0 Å². The van der Waals surface area contributed by atoms with Gasteiger partial charge in [0.25, 0.3) is 0 Å². The van der Waals surface area contributed by atoms with Crippen LogP contribution in [-0.4, -0.2) is 19.2 Å². The fraction of sp³-hybridized carbons (Fsp3) is 0.429. The topological polar surface area (TPSA) is 46.2 Å². The third-order valence-corrected chi connectivity index (χ3v) is 1.34. The van der Waals surface area contributed by atoms with E-state index in [-0.39, 0.29) is 5.91 Å². The lowest BCUT2D eigenvalue weighted by atomic mass is 10.1. The zero-order chi connectivity index (χ0) is 8.15. The Morgan fingerprint density at radius 1 is 1.40 bits per heavy atom. The Morgan fingerprint density at radius 2 is 1.90 bits per heavy atom. The Labute approximate surface area is 60.1 Å². The van der Waals surface area contributed by atoms with Gasteiger partial charge in [0.1, 0.15) is 6.29 Å². The summed E-state index contributed by atoms with van der Waals surface area (Å²) in [5, 5.41) is 2.42. The smallest absolute Gasteiger partial charge is 0.247 e. The summed E-state index contributed by atoms with van der Waals surface area (Å²) < 4.78 is 0. The number of carbonyl (C=O) groups excluding carboxylic acids is 2. The van der Waals surface area contributed by atoms with Gasteiger partial charge in [-0.25, -0.2) is 0 Å². The van der Waals surface area contributed by atoms with Crippen molar-refractivity contribution in [1.29, 1.82) is 0 Å². The standard InChI is InChI=1S/C7H11NO2/c1-5(4-9)6(2)7(10)8-3/h4H,1-3H3,(H,8,10)/b6-5-. The summed E-state index contributed by atoms with van der Waals surface area (Å²) in [5.41, 5.74) is 0.942. The highest BCUT2D eigenvalue weighted by Crippen LogP contribution is 1.98. The van der Waals surface area contributed by atoms with Crippen LogP contribution in [0.5, 0.6) is 0 Å². The van der Waals surface area contributed by atoms with E-state index >= 15 is 0 Å². The zero-order valence-corrected chi connectivity index (χ0v) is 6.39. The molecular weight excluding hydrogens is 130 g/mol. The van der Waals surface area contributed by atoms with E-state index < -0.39 is 0 Å². The predicted molar refractivity (Wildman–Crippen MR) is 38.5 cm³/mol. The summed E-state index contributed by atoms with van der Waals surface area (Å²) in [6.07, 6.45) is 0.671. The van der Waals surface area contributed by atoms with Crippen LogP contribution in [0.1, 0.15) is 13.8 Å². The molecule has 0 bridgehead atoms. The van der Waals surface area contributed by atoms with Crippen molar-refractivity contribution in [3.05, 3.63) is 11.1 Å². The van der Waals surface area contributed by atoms with Gasteiger partial charge in [0.05, 0.1) is 0 Å². The van der Waals surface area contributed by atoms with Crippen LogP contribution in [0, 0.1) is 0 Å². The Kier molecular flexibility index (Phi) is 3.39. The van der Waals surface area contributed by atoms with Gasteiger partial charge in [-0.05, 0) is 19.4 Å². The molecule has 0 fully saturated rings. The number of rotatable bonds is 2. The van der Waals surface area contributed by atoms with E-state index in [1.807, 2.05) is 0 Å². The van der Waals surface area contributed by atoms with E-state index in [0.717, 1.165) is 0 Å². The second-order valence-electron chi connectivity index (χ2n) is 2.00. The second-order valence-corrected chi connectivity index (χ2v) is 2.00. The summed E-state index contributed by atoms with van der Waals surface area (Å²) in [5.74, 6) is -0.204. The van der Waals surface area contributed by atoms with Crippen molar-refractivity contribution in [2.75, 3.05) is 7.05 Å². The Bertz CT molecular complexity index is 182. The van der Waals surface area contributed by atoms with Gasteiger partial charge in [-0.3, -0.25) is 9.59 Å². The van der Waals surface area contributed by atoms with Crippen molar-refractivity contribution in [2.45, 2.75) is 13.8 Å². The van der Waals surface area contributed by atoms with Crippen LogP contribution in [0.4, 0.5) is 0 Å². The Balaban J connectivity index is 4.45. The molecule has 1 amide bonds. The number of allylic oxidation sites excluding steroid dienone is 1. The molecule has 0 rings (SSSR count). The molecule has 0 aliphatic carbocycles. The van der Waals surface area contributed by atoms with Crippen LogP contribution < -0.4 is 5.32 Å². The van der Waals surface area contributed by atoms with Crippen LogP contribution >= 0.6 is 0 Å². The van der Waals surface area contributed by atoms with Gasteiger partial charge >= 0.3 is 0 Å². The molecule has 0 aliphatic heterocycles. The minimum Gasteiger partial charge on any atom is -0.355 e. The highest BCUT2D eigenvalue weighted by molar-refractivity contribution is 5.97. The first-order valence-electron chi connectivity index (χ1n) is 2.98. The fourth-order valence-corrected chi connectivity index (χ4v) is 0.455. The molecule has 0 aromatic carbocycles. The molecule has 0 atom stereocenters. The van der Waals surface area contributed by atoms with Crippen LogP contribution in [0.25, 0.3) is 0 Å². The fourth-order valence-electron chi connectivity index (χ4n) is 0.455. The Hall–Kier alpha value is -1.12. The highest BCUT2D eigenvalue weighted by atomic mass is 16.1. The molecule has 0 saturated heterocycles. The molecule has 10 heavy (non-hydrogen) atoms. The minimum atomic E-state index is -0.204. The normalized spacial score (nSPS) is 11.9. The maximum absolute atomic E-state index is 10.8. The molecule has 0 spiro atoms. The van der Waals surface area contributed by atoms with Gasteiger partial charge in [0.15, 0.2) is 0 Å². The average molecular weight is 141 g/mol. The van der Waals surface area contributed by atoms with Crippen molar-refractivity contribution in [3.8, 4) is 0 Å². The molecule has 3 nitrogen and oxygen atoms in total. The summed E-state index contributed by atoms with van der Waals surface area (Å²) in [4.78, 5) is 20.9. The molecule has 1 N–H and O–H groups in total. The lowest BCUT2D eigenvalue weighted by Gasteiger charge is -1.98. The minimum absolute atomic E-state index is 0.204. The van der Waals surface area contributed by atoms with Gasteiger partial charge < -0.3 is 5.32 Å².